The van der Waals surface area contributed by atoms with Gasteiger partial charge in [0.2, 0.25) is 5.12 Å². The van der Waals surface area contributed by atoms with Crippen LogP contribution in [0.15, 0.2) is 11.8 Å². The van der Waals surface area contributed by atoms with Gasteiger partial charge >= 0.3 is 0 Å². The fourth-order valence-electron chi connectivity index (χ4n) is 0.479. The Bertz CT molecular complexity index is 194. The zero-order chi connectivity index (χ0) is 6.85. The van der Waals surface area contributed by atoms with Crippen LogP contribution >= 0.6 is 11.8 Å². The molecule has 0 radical (unpaired) electrons. The number of rotatable bonds is 1. The highest BCUT2D eigenvalue weighted by atomic mass is 32.2. The average molecular weight is 144 g/mol. The van der Waals surface area contributed by atoms with Gasteiger partial charge in [-0.05, 0) is 11.8 Å². The molecule has 0 unspecified atom stereocenters. The van der Waals surface area contributed by atoms with Gasteiger partial charge < -0.3 is 4.74 Å². The predicted octanol–water partition coefficient (Wildman–Crippen LogP) is 0.317. The second-order valence-electron chi connectivity index (χ2n) is 1.42. The van der Waals surface area contributed by atoms with Crippen LogP contribution in [0.3, 0.4) is 0 Å². The van der Waals surface area contributed by atoms with E-state index in [1.165, 1.54) is 13.2 Å². The zero-order valence-electron chi connectivity index (χ0n) is 4.71. The Kier molecular flexibility index (Phi) is 1.57. The number of carbonyl (C=O) groups is 2. The Morgan fingerprint density at radius 2 is 2.22 bits per heavy atom. The van der Waals surface area contributed by atoms with Gasteiger partial charge in [0.05, 0.1) is 7.11 Å². The van der Waals surface area contributed by atoms with Crippen LogP contribution in [-0.4, -0.2) is 17.3 Å². The monoisotopic (exact) mass is 144 g/mol. The molecule has 4 heteroatoms. The van der Waals surface area contributed by atoms with E-state index in [1.54, 1.807) is 0 Å². The fraction of sp³-hybridized carbons (Fsp3) is 0.200. The minimum atomic E-state index is -0.303. The number of hydrogen-bond donors (Lipinski definition) is 0. The molecule has 0 atom stereocenters. The molecule has 0 spiro atoms. The topological polar surface area (TPSA) is 43.4 Å². The molecule has 1 aliphatic heterocycles. The molecule has 0 aromatic carbocycles. The summed E-state index contributed by atoms with van der Waals surface area (Å²) in [4.78, 5) is 21.0. The molecular weight excluding hydrogens is 140 g/mol. The van der Waals surface area contributed by atoms with Crippen LogP contribution in [0.25, 0.3) is 0 Å². The quantitative estimate of drug-likeness (QED) is 0.531. The third-order valence-electron chi connectivity index (χ3n) is 0.863. The average Bonchev–Trinajstić information content (AvgIpc) is 2.10. The van der Waals surface area contributed by atoms with Crippen molar-refractivity contribution in [1.29, 1.82) is 0 Å². The summed E-state index contributed by atoms with van der Waals surface area (Å²) in [5, 5.41) is -0.556. The van der Waals surface area contributed by atoms with Crippen LogP contribution in [0.5, 0.6) is 0 Å². The molecule has 0 saturated heterocycles. The maximum absolute atomic E-state index is 10.6. The molecule has 9 heavy (non-hydrogen) atoms. The van der Waals surface area contributed by atoms with Gasteiger partial charge in [0, 0.05) is 6.08 Å². The first-order valence-electron chi connectivity index (χ1n) is 2.26. The van der Waals surface area contributed by atoms with E-state index in [1.807, 2.05) is 0 Å². The highest BCUT2D eigenvalue weighted by molar-refractivity contribution is 8.27. The van der Waals surface area contributed by atoms with Crippen molar-refractivity contribution < 1.29 is 14.3 Å². The lowest BCUT2D eigenvalue weighted by atomic mass is 10.5. The van der Waals surface area contributed by atoms with Crippen molar-refractivity contribution in [2.24, 2.45) is 0 Å². The molecule has 0 bridgehead atoms. The molecular formula is C5H4O3S. The van der Waals surface area contributed by atoms with E-state index in [0.717, 1.165) is 0 Å². The van der Waals surface area contributed by atoms with Crippen molar-refractivity contribution in [2.45, 2.75) is 0 Å². The van der Waals surface area contributed by atoms with Crippen LogP contribution in [0.1, 0.15) is 0 Å². The van der Waals surface area contributed by atoms with Crippen molar-refractivity contribution in [1.82, 2.24) is 0 Å². The van der Waals surface area contributed by atoms with Crippen molar-refractivity contribution in [3.05, 3.63) is 11.8 Å². The second-order valence-corrected chi connectivity index (χ2v) is 2.40. The van der Waals surface area contributed by atoms with Crippen molar-refractivity contribution >= 4 is 22.0 Å². The number of methoxy groups -OCH3 is 1. The molecule has 0 amide bonds. The summed E-state index contributed by atoms with van der Waals surface area (Å²) < 4.78 is 4.56. The Morgan fingerprint density at radius 3 is 2.44 bits per heavy atom. The van der Waals surface area contributed by atoms with E-state index in [2.05, 4.69) is 4.74 Å². The Balaban J connectivity index is 2.80. The summed E-state index contributed by atoms with van der Waals surface area (Å²) in [5.74, 6) is 0.144. The third-order valence-corrected chi connectivity index (χ3v) is 1.57. The molecule has 1 aliphatic rings. The highest BCUT2D eigenvalue weighted by Gasteiger charge is 2.23. The van der Waals surface area contributed by atoms with E-state index in [-0.39, 0.29) is 16.0 Å². The summed E-state index contributed by atoms with van der Waals surface area (Å²) in [5.41, 5.74) is 0. The first-order chi connectivity index (χ1) is 4.24. The number of thioether (sulfide) groups is 1. The largest absolute Gasteiger partial charge is 0.492 e. The summed E-state index contributed by atoms with van der Waals surface area (Å²) in [6.45, 7) is 0. The van der Waals surface area contributed by atoms with Gasteiger partial charge in [0.15, 0.2) is 5.76 Å². The normalized spacial score (nSPS) is 18.1. The number of carbonyl (C=O) groups excluding carboxylic acids is 2. The summed E-state index contributed by atoms with van der Waals surface area (Å²) in [7, 11) is 1.36. The molecule has 0 aromatic heterocycles. The van der Waals surface area contributed by atoms with Gasteiger partial charge in [0.1, 0.15) is 0 Å². The van der Waals surface area contributed by atoms with Crippen molar-refractivity contribution in [3.63, 3.8) is 0 Å². The third kappa shape index (κ3) is 1.13. The van der Waals surface area contributed by atoms with Gasteiger partial charge in [0.25, 0.3) is 5.12 Å². The summed E-state index contributed by atoms with van der Waals surface area (Å²) >= 11 is 0.658. The summed E-state index contributed by atoms with van der Waals surface area (Å²) in [6, 6.07) is 0. The second kappa shape index (κ2) is 2.23. The van der Waals surface area contributed by atoms with E-state index in [9.17, 15) is 9.59 Å². The van der Waals surface area contributed by atoms with Crippen LogP contribution < -0.4 is 0 Å². The molecule has 48 valence electrons. The first-order valence-corrected chi connectivity index (χ1v) is 3.07. The Labute approximate surface area is 56.1 Å². The maximum Gasteiger partial charge on any atom is 0.261 e. The lowest BCUT2D eigenvalue weighted by Gasteiger charge is -1.91. The minimum absolute atomic E-state index is 0.144. The highest BCUT2D eigenvalue weighted by Crippen LogP contribution is 2.20. The first kappa shape index (κ1) is 6.35. The van der Waals surface area contributed by atoms with E-state index >= 15 is 0 Å². The molecule has 3 nitrogen and oxygen atoms in total. The van der Waals surface area contributed by atoms with Gasteiger partial charge in [-0.3, -0.25) is 9.59 Å². The molecule has 1 rings (SSSR count). The van der Waals surface area contributed by atoms with Crippen LogP contribution in [0, 0.1) is 0 Å². The molecule has 0 fully saturated rings. The standard InChI is InChI=1S/C5H4O3S/c1-8-3-2-4(6)9-5(3)7/h2H,1H3. The van der Waals surface area contributed by atoms with Gasteiger partial charge in [-0.25, -0.2) is 0 Å². The Morgan fingerprint density at radius 1 is 1.56 bits per heavy atom. The molecule has 1 heterocycles. The van der Waals surface area contributed by atoms with Crippen LogP contribution in [-0.2, 0) is 14.3 Å². The van der Waals surface area contributed by atoms with Crippen molar-refractivity contribution in [2.75, 3.05) is 7.11 Å². The molecule has 0 N–H and O–H groups in total. The minimum Gasteiger partial charge on any atom is -0.492 e. The smallest absolute Gasteiger partial charge is 0.261 e. The summed E-state index contributed by atoms with van der Waals surface area (Å²) in [6.07, 6.45) is 1.19. The number of ether oxygens (including phenoxy) is 1. The Hall–Kier alpha value is -0.770. The SMILES string of the molecule is COC1=CC(=O)SC1=O. The molecule has 0 aliphatic carbocycles. The zero-order valence-corrected chi connectivity index (χ0v) is 5.53. The van der Waals surface area contributed by atoms with Gasteiger partial charge in [-0.1, -0.05) is 0 Å². The molecule has 0 aromatic rings. The van der Waals surface area contributed by atoms with Crippen LogP contribution in [0.4, 0.5) is 0 Å². The maximum atomic E-state index is 10.6. The van der Waals surface area contributed by atoms with Gasteiger partial charge in [-0.15, -0.1) is 0 Å². The molecule has 0 saturated carbocycles. The van der Waals surface area contributed by atoms with Crippen molar-refractivity contribution in [3.8, 4) is 0 Å². The van der Waals surface area contributed by atoms with Crippen LogP contribution in [0.2, 0.25) is 0 Å². The number of hydrogen-bond acceptors (Lipinski definition) is 4. The lowest BCUT2D eigenvalue weighted by molar-refractivity contribution is -0.110. The van der Waals surface area contributed by atoms with E-state index in [4.69, 9.17) is 0 Å². The van der Waals surface area contributed by atoms with E-state index in [0.29, 0.717) is 11.8 Å². The van der Waals surface area contributed by atoms with Gasteiger partial charge in [-0.2, -0.15) is 0 Å². The lowest BCUT2D eigenvalue weighted by Crippen LogP contribution is -1.92. The fourth-order valence-corrected chi connectivity index (χ4v) is 1.07. The predicted molar refractivity (Wildman–Crippen MR) is 32.7 cm³/mol. The van der Waals surface area contributed by atoms with E-state index < -0.39 is 0 Å².